The number of esters is 2. The molecule has 0 bridgehead atoms. The van der Waals surface area contributed by atoms with E-state index >= 15 is 0 Å². The lowest BCUT2D eigenvalue weighted by Gasteiger charge is -2.04. The Balaban J connectivity index is 2.11. The van der Waals surface area contributed by atoms with Crippen LogP contribution in [0.3, 0.4) is 0 Å². The molecule has 0 unspecified atom stereocenters. The number of benzene rings is 2. The second kappa shape index (κ2) is 5.91. The van der Waals surface area contributed by atoms with E-state index in [9.17, 15) is 9.59 Å². The third-order valence-corrected chi connectivity index (χ3v) is 3.33. The SMILES string of the molecule is O=C1OC(=O)C(c2ccc(OC=S)cc2)=C1c1ccccc1. The summed E-state index contributed by atoms with van der Waals surface area (Å²) in [6.07, 6.45) is 0. The first-order valence-electron chi connectivity index (χ1n) is 6.47. The van der Waals surface area contributed by atoms with Gasteiger partial charge in [-0.3, -0.25) is 0 Å². The molecule has 1 aliphatic heterocycles. The van der Waals surface area contributed by atoms with Gasteiger partial charge < -0.3 is 9.47 Å². The van der Waals surface area contributed by atoms with Crippen molar-refractivity contribution in [2.45, 2.75) is 0 Å². The minimum absolute atomic E-state index is 0.255. The predicted molar refractivity (Wildman–Crippen MR) is 85.1 cm³/mol. The molecule has 2 aromatic rings. The fourth-order valence-corrected chi connectivity index (χ4v) is 2.39. The Morgan fingerprint density at radius 1 is 0.818 bits per heavy atom. The lowest BCUT2D eigenvalue weighted by Crippen LogP contribution is -2.02. The smallest absolute Gasteiger partial charge is 0.347 e. The molecule has 0 N–H and O–H groups in total. The summed E-state index contributed by atoms with van der Waals surface area (Å²) in [5.74, 6) is -0.726. The van der Waals surface area contributed by atoms with Crippen LogP contribution in [0.2, 0.25) is 0 Å². The molecule has 1 heterocycles. The monoisotopic (exact) mass is 310 g/mol. The van der Waals surface area contributed by atoms with Gasteiger partial charge in [0.1, 0.15) is 5.75 Å². The van der Waals surface area contributed by atoms with Crippen LogP contribution in [0.25, 0.3) is 11.1 Å². The highest BCUT2D eigenvalue weighted by molar-refractivity contribution is 7.78. The predicted octanol–water partition coefficient (Wildman–Crippen LogP) is 3.02. The molecule has 22 heavy (non-hydrogen) atoms. The number of carbonyl (C=O) groups excluding carboxylic acids is 2. The molecule has 0 amide bonds. The molecule has 3 rings (SSSR count). The minimum atomic E-state index is -0.646. The van der Waals surface area contributed by atoms with E-state index in [1.54, 1.807) is 48.5 Å². The van der Waals surface area contributed by atoms with Crippen molar-refractivity contribution in [3.05, 3.63) is 65.7 Å². The van der Waals surface area contributed by atoms with E-state index in [0.717, 1.165) is 5.55 Å². The van der Waals surface area contributed by atoms with Crippen LogP contribution in [0.5, 0.6) is 5.75 Å². The van der Waals surface area contributed by atoms with Crippen molar-refractivity contribution in [1.29, 1.82) is 0 Å². The molecule has 1 aliphatic rings. The zero-order valence-electron chi connectivity index (χ0n) is 11.3. The van der Waals surface area contributed by atoms with Crippen LogP contribution >= 0.6 is 12.2 Å². The highest BCUT2D eigenvalue weighted by Gasteiger charge is 2.34. The number of cyclic esters (lactones) is 2. The van der Waals surface area contributed by atoms with E-state index in [2.05, 4.69) is 12.2 Å². The Kier molecular flexibility index (Phi) is 3.80. The molecule has 0 spiro atoms. The van der Waals surface area contributed by atoms with Crippen molar-refractivity contribution in [3.63, 3.8) is 0 Å². The fraction of sp³-hybridized carbons (Fsp3) is 0. The van der Waals surface area contributed by atoms with Crippen molar-refractivity contribution >= 4 is 40.9 Å². The summed E-state index contributed by atoms with van der Waals surface area (Å²) in [6.45, 7) is 0. The Hall–Kier alpha value is -2.79. The summed E-state index contributed by atoms with van der Waals surface area (Å²) in [4.78, 5) is 24.0. The van der Waals surface area contributed by atoms with E-state index in [-0.39, 0.29) is 11.1 Å². The summed E-state index contributed by atoms with van der Waals surface area (Å²) >= 11 is 4.62. The van der Waals surface area contributed by atoms with Crippen LogP contribution in [-0.2, 0) is 14.3 Å². The van der Waals surface area contributed by atoms with Crippen molar-refractivity contribution in [1.82, 2.24) is 0 Å². The second-order valence-corrected chi connectivity index (χ2v) is 4.72. The Morgan fingerprint density at radius 2 is 1.36 bits per heavy atom. The number of ether oxygens (including phenoxy) is 2. The van der Waals surface area contributed by atoms with Gasteiger partial charge in [-0.15, -0.1) is 0 Å². The summed E-state index contributed by atoms with van der Waals surface area (Å²) < 4.78 is 9.84. The number of carbonyl (C=O) groups is 2. The zero-order chi connectivity index (χ0) is 15.5. The maximum Gasteiger partial charge on any atom is 0.347 e. The highest BCUT2D eigenvalue weighted by Crippen LogP contribution is 2.34. The molecule has 0 saturated heterocycles. The average molecular weight is 310 g/mol. The summed E-state index contributed by atoms with van der Waals surface area (Å²) in [7, 11) is 0. The van der Waals surface area contributed by atoms with Gasteiger partial charge in [0.25, 0.3) is 0 Å². The number of hydrogen-bond acceptors (Lipinski definition) is 5. The minimum Gasteiger partial charge on any atom is -0.454 e. The number of hydrogen-bond donors (Lipinski definition) is 0. The molecule has 0 atom stereocenters. The van der Waals surface area contributed by atoms with Gasteiger partial charge in [0.15, 0.2) is 5.55 Å². The molecule has 0 saturated carbocycles. The normalized spacial score (nSPS) is 14.0. The van der Waals surface area contributed by atoms with Gasteiger partial charge in [0.2, 0.25) is 0 Å². The quantitative estimate of drug-likeness (QED) is 0.493. The molecule has 4 nitrogen and oxygen atoms in total. The van der Waals surface area contributed by atoms with E-state index in [0.29, 0.717) is 16.9 Å². The lowest BCUT2D eigenvalue weighted by atomic mass is 9.96. The maximum absolute atomic E-state index is 12.0. The van der Waals surface area contributed by atoms with E-state index < -0.39 is 11.9 Å². The topological polar surface area (TPSA) is 52.6 Å². The van der Waals surface area contributed by atoms with Crippen molar-refractivity contribution < 1.29 is 19.1 Å². The van der Waals surface area contributed by atoms with Gasteiger partial charge in [-0.05, 0) is 35.5 Å². The molecule has 5 heteroatoms. The van der Waals surface area contributed by atoms with Gasteiger partial charge in [0, 0.05) is 0 Å². The zero-order valence-corrected chi connectivity index (χ0v) is 12.1. The van der Waals surface area contributed by atoms with Crippen LogP contribution in [-0.4, -0.2) is 17.5 Å². The first kappa shape index (κ1) is 14.2. The van der Waals surface area contributed by atoms with E-state index in [4.69, 9.17) is 9.47 Å². The van der Waals surface area contributed by atoms with Crippen LogP contribution in [0.1, 0.15) is 11.1 Å². The molecule has 0 aromatic heterocycles. The standard InChI is InChI=1S/C17H10O4S/c18-16-14(11-4-2-1-3-5-11)15(17(19)21-16)12-6-8-13(9-7-12)20-10-22/h1-10H. The number of rotatable bonds is 4. The van der Waals surface area contributed by atoms with Gasteiger partial charge in [-0.1, -0.05) is 42.5 Å². The van der Waals surface area contributed by atoms with Crippen LogP contribution < -0.4 is 4.74 Å². The third-order valence-electron chi connectivity index (χ3n) is 3.23. The lowest BCUT2D eigenvalue weighted by molar-refractivity contribution is -0.149. The molecule has 0 fully saturated rings. The summed E-state index contributed by atoms with van der Waals surface area (Å²) in [5.41, 5.74) is 2.91. The summed E-state index contributed by atoms with van der Waals surface area (Å²) in [6, 6.07) is 15.7. The van der Waals surface area contributed by atoms with Crippen molar-refractivity contribution in [2.75, 3.05) is 0 Å². The van der Waals surface area contributed by atoms with Gasteiger partial charge in [0.05, 0.1) is 11.1 Å². The van der Waals surface area contributed by atoms with Crippen LogP contribution in [0.15, 0.2) is 54.6 Å². The van der Waals surface area contributed by atoms with E-state index in [1.807, 2.05) is 6.07 Å². The molecule has 108 valence electrons. The van der Waals surface area contributed by atoms with Crippen molar-refractivity contribution in [2.24, 2.45) is 0 Å². The Labute approximate surface area is 132 Å². The molecule has 2 aromatic carbocycles. The highest BCUT2D eigenvalue weighted by atomic mass is 32.1. The molecular formula is C17H10O4S. The number of thiocarbonyl (C=S) groups is 1. The Bertz CT molecular complexity index is 776. The molecular weight excluding hydrogens is 300 g/mol. The van der Waals surface area contributed by atoms with Gasteiger partial charge in [-0.2, -0.15) is 0 Å². The van der Waals surface area contributed by atoms with Crippen LogP contribution in [0.4, 0.5) is 0 Å². The molecule has 0 aliphatic carbocycles. The first-order valence-corrected chi connectivity index (χ1v) is 6.95. The van der Waals surface area contributed by atoms with E-state index in [1.165, 1.54) is 0 Å². The second-order valence-electron chi connectivity index (χ2n) is 4.53. The average Bonchev–Trinajstić information content (AvgIpc) is 2.84. The van der Waals surface area contributed by atoms with Crippen molar-refractivity contribution in [3.8, 4) is 5.75 Å². The van der Waals surface area contributed by atoms with Gasteiger partial charge in [-0.25, -0.2) is 9.59 Å². The fourth-order valence-electron chi connectivity index (χ4n) is 2.28. The first-order chi connectivity index (χ1) is 10.7. The van der Waals surface area contributed by atoms with Gasteiger partial charge >= 0.3 is 11.9 Å². The summed E-state index contributed by atoms with van der Waals surface area (Å²) in [5, 5.41) is 0. The maximum atomic E-state index is 12.0. The molecule has 0 radical (unpaired) electrons. The van der Waals surface area contributed by atoms with Crippen LogP contribution in [0, 0.1) is 0 Å². The third kappa shape index (κ3) is 2.54. The largest absolute Gasteiger partial charge is 0.454 e. The Morgan fingerprint density at radius 3 is 1.91 bits per heavy atom.